The number of aryl methyl sites for hydroxylation is 2. The largest absolute Gasteiger partial charge is 0.309 e. The summed E-state index contributed by atoms with van der Waals surface area (Å²) in [5.41, 5.74) is 19.3. The maximum atomic E-state index is 2.44. The third kappa shape index (κ3) is 5.38. The van der Waals surface area contributed by atoms with Crippen molar-refractivity contribution in [3.05, 3.63) is 222 Å². The summed E-state index contributed by atoms with van der Waals surface area (Å²) in [6.45, 7) is 9.05. The summed E-state index contributed by atoms with van der Waals surface area (Å²) in [6, 6.07) is 72.9. The molecule has 0 radical (unpaired) electrons. The molecule has 13 rings (SSSR count). The fourth-order valence-corrected chi connectivity index (χ4v) is 10.5. The van der Waals surface area contributed by atoms with Crippen LogP contribution in [0.1, 0.15) is 36.1 Å². The molecule has 3 heteroatoms. The molecule has 296 valence electrons. The Hall–Kier alpha value is -7.62. The lowest BCUT2D eigenvalue weighted by Gasteiger charge is -2.21. The quantitative estimate of drug-likeness (QED) is 0.169. The van der Waals surface area contributed by atoms with E-state index in [4.69, 9.17) is 0 Å². The molecule has 1 aliphatic carbocycles. The van der Waals surface area contributed by atoms with Gasteiger partial charge in [-0.1, -0.05) is 134 Å². The van der Waals surface area contributed by atoms with Gasteiger partial charge in [0.15, 0.2) is 0 Å². The number of hydrogen-bond donors (Lipinski definition) is 0. The van der Waals surface area contributed by atoms with Crippen LogP contribution in [0, 0.1) is 13.8 Å². The van der Waals surface area contributed by atoms with Crippen LogP contribution in [0.15, 0.2) is 200 Å². The van der Waals surface area contributed by atoms with E-state index in [0.717, 1.165) is 0 Å². The monoisotopic (exact) mass is 795 g/mol. The second-order valence-electron chi connectivity index (χ2n) is 17.5. The zero-order valence-electron chi connectivity index (χ0n) is 35.4. The van der Waals surface area contributed by atoms with Crippen molar-refractivity contribution in [3.63, 3.8) is 0 Å². The van der Waals surface area contributed by atoms with Crippen LogP contribution in [0.4, 0.5) is 0 Å². The van der Waals surface area contributed by atoms with Gasteiger partial charge in [-0.05, 0) is 127 Å². The van der Waals surface area contributed by atoms with Gasteiger partial charge in [0.1, 0.15) is 0 Å². The minimum atomic E-state index is 0.00794. The molecule has 0 amide bonds. The number of fused-ring (bicyclic) bond motifs is 12. The van der Waals surface area contributed by atoms with Crippen molar-refractivity contribution >= 4 is 65.4 Å². The van der Waals surface area contributed by atoms with E-state index in [2.05, 4.69) is 242 Å². The molecule has 0 saturated carbocycles. The molecule has 0 aliphatic heterocycles. The SMILES string of the molecule is Cc1ccc2c(c1)c1cc3c(cc1n2-c1ccccc1)C(C)(C)c1ccccc1-3.Cc1ccc2c(c1)c1cc3c4ccccc4n(-c4ccccc4)c3cc1n2-c1ccccc1. The van der Waals surface area contributed by atoms with Crippen LogP contribution in [-0.2, 0) is 5.41 Å². The van der Waals surface area contributed by atoms with Crippen LogP contribution >= 0.6 is 0 Å². The lowest BCUT2D eigenvalue weighted by Crippen LogP contribution is -2.14. The van der Waals surface area contributed by atoms with E-state index in [9.17, 15) is 0 Å². The summed E-state index contributed by atoms with van der Waals surface area (Å²) in [4.78, 5) is 0. The molecule has 62 heavy (non-hydrogen) atoms. The lowest BCUT2D eigenvalue weighted by atomic mass is 9.82. The van der Waals surface area contributed by atoms with E-state index >= 15 is 0 Å². The maximum absolute atomic E-state index is 2.44. The fraction of sp³-hybridized carbons (Fsp3) is 0.0847. The van der Waals surface area contributed by atoms with Crippen LogP contribution in [0.2, 0.25) is 0 Å². The third-order valence-electron chi connectivity index (χ3n) is 13.4. The van der Waals surface area contributed by atoms with Crippen molar-refractivity contribution in [3.8, 4) is 28.2 Å². The lowest BCUT2D eigenvalue weighted by molar-refractivity contribution is 0.661. The average molecular weight is 796 g/mol. The molecule has 9 aromatic carbocycles. The molecule has 0 N–H and O–H groups in total. The molecule has 0 saturated heterocycles. The number of aromatic nitrogens is 3. The molecule has 3 heterocycles. The minimum Gasteiger partial charge on any atom is -0.309 e. The van der Waals surface area contributed by atoms with Gasteiger partial charge in [0, 0.05) is 54.8 Å². The normalized spacial score (nSPS) is 13.0. The molecule has 0 spiro atoms. The van der Waals surface area contributed by atoms with Crippen LogP contribution in [-0.4, -0.2) is 13.7 Å². The Morgan fingerprint density at radius 1 is 0.290 bits per heavy atom. The Labute approximate surface area is 361 Å². The van der Waals surface area contributed by atoms with Gasteiger partial charge < -0.3 is 13.7 Å². The molecule has 0 bridgehead atoms. The first kappa shape index (κ1) is 36.2. The van der Waals surface area contributed by atoms with Crippen LogP contribution in [0.25, 0.3) is 93.6 Å². The molecule has 3 aromatic heterocycles. The number of para-hydroxylation sites is 4. The van der Waals surface area contributed by atoms with Gasteiger partial charge in [0.05, 0.1) is 33.1 Å². The molecular weight excluding hydrogens is 751 g/mol. The second kappa shape index (κ2) is 13.7. The van der Waals surface area contributed by atoms with Gasteiger partial charge in [-0.15, -0.1) is 0 Å². The van der Waals surface area contributed by atoms with Crippen LogP contribution in [0.3, 0.4) is 0 Å². The van der Waals surface area contributed by atoms with Crippen molar-refractivity contribution in [2.75, 3.05) is 0 Å². The molecule has 0 unspecified atom stereocenters. The Morgan fingerprint density at radius 2 is 0.710 bits per heavy atom. The summed E-state index contributed by atoms with van der Waals surface area (Å²) < 4.78 is 7.21. The van der Waals surface area contributed by atoms with Crippen LogP contribution in [0.5, 0.6) is 0 Å². The highest BCUT2D eigenvalue weighted by atomic mass is 15.0. The number of benzene rings is 9. The smallest absolute Gasteiger partial charge is 0.0562 e. The summed E-state index contributed by atoms with van der Waals surface area (Å²) in [6.07, 6.45) is 0. The highest BCUT2D eigenvalue weighted by Gasteiger charge is 2.36. The molecular formula is C59H45N3. The van der Waals surface area contributed by atoms with Crippen molar-refractivity contribution in [1.29, 1.82) is 0 Å². The maximum Gasteiger partial charge on any atom is 0.0562 e. The van der Waals surface area contributed by atoms with Gasteiger partial charge in [-0.2, -0.15) is 0 Å². The predicted octanol–water partition coefficient (Wildman–Crippen LogP) is 15.6. The first-order valence-electron chi connectivity index (χ1n) is 21.7. The standard InChI is InChI=1S/C31H22N2.C28H23N/c1-21-16-17-29-25(18-21)27-19-26-24-14-8-9-15-28(24)32(22-10-4-2-5-11-22)30(26)20-31(27)33(29)23-12-6-3-7-13-23;1-18-13-14-26-22(15-18)23-16-21-20-11-7-8-12-24(20)28(2,3)25(21)17-27(23)29(26)19-9-5-4-6-10-19/h2-20H,1H3;4-17H,1-3H3. The first-order valence-corrected chi connectivity index (χ1v) is 21.7. The van der Waals surface area contributed by atoms with Crippen molar-refractivity contribution < 1.29 is 0 Å². The van der Waals surface area contributed by atoms with Crippen LogP contribution < -0.4 is 0 Å². The predicted molar refractivity (Wildman–Crippen MR) is 263 cm³/mol. The van der Waals surface area contributed by atoms with Gasteiger partial charge in [0.2, 0.25) is 0 Å². The molecule has 0 fully saturated rings. The molecule has 3 nitrogen and oxygen atoms in total. The van der Waals surface area contributed by atoms with Gasteiger partial charge in [-0.25, -0.2) is 0 Å². The summed E-state index contributed by atoms with van der Waals surface area (Å²) in [7, 11) is 0. The fourth-order valence-electron chi connectivity index (χ4n) is 10.5. The number of hydrogen-bond acceptors (Lipinski definition) is 0. The molecule has 1 aliphatic rings. The van der Waals surface area contributed by atoms with E-state index < -0.39 is 0 Å². The van der Waals surface area contributed by atoms with E-state index in [0.29, 0.717) is 0 Å². The van der Waals surface area contributed by atoms with Crippen molar-refractivity contribution in [2.24, 2.45) is 0 Å². The Balaban J connectivity index is 0.000000133. The highest BCUT2D eigenvalue weighted by molar-refractivity contribution is 6.19. The highest BCUT2D eigenvalue weighted by Crippen LogP contribution is 2.51. The summed E-state index contributed by atoms with van der Waals surface area (Å²) >= 11 is 0. The van der Waals surface area contributed by atoms with Gasteiger partial charge in [0.25, 0.3) is 0 Å². The third-order valence-corrected chi connectivity index (χ3v) is 13.4. The number of rotatable bonds is 3. The van der Waals surface area contributed by atoms with E-state index in [1.165, 1.54) is 116 Å². The van der Waals surface area contributed by atoms with E-state index in [1.807, 2.05) is 0 Å². The van der Waals surface area contributed by atoms with E-state index in [-0.39, 0.29) is 5.41 Å². The van der Waals surface area contributed by atoms with Gasteiger partial charge >= 0.3 is 0 Å². The van der Waals surface area contributed by atoms with Crippen molar-refractivity contribution in [1.82, 2.24) is 13.7 Å². The number of nitrogens with zero attached hydrogens (tertiary/aromatic N) is 3. The Morgan fingerprint density at radius 3 is 1.27 bits per heavy atom. The summed E-state index contributed by atoms with van der Waals surface area (Å²) in [5, 5.41) is 7.82. The minimum absolute atomic E-state index is 0.00794. The topological polar surface area (TPSA) is 14.8 Å². The zero-order chi connectivity index (χ0) is 41.7. The van der Waals surface area contributed by atoms with E-state index in [1.54, 1.807) is 0 Å². The van der Waals surface area contributed by atoms with Gasteiger partial charge in [-0.3, -0.25) is 0 Å². The Kier molecular flexibility index (Phi) is 8.01. The average Bonchev–Trinajstić information content (AvgIpc) is 3.98. The molecule has 0 atom stereocenters. The first-order chi connectivity index (χ1) is 30.3. The van der Waals surface area contributed by atoms with Crippen molar-refractivity contribution in [2.45, 2.75) is 33.1 Å². The molecule has 12 aromatic rings. The Bertz CT molecular complexity index is 3710. The summed E-state index contributed by atoms with van der Waals surface area (Å²) in [5.74, 6) is 0. The zero-order valence-corrected chi connectivity index (χ0v) is 35.4. The second-order valence-corrected chi connectivity index (χ2v) is 17.5.